The van der Waals surface area contributed by atoms with Crippen molar-refractivity contribution >= 4 is 23.2 Å². The number of rotatable bonds is 7. The van der Waals surface area contributed by atoms with Gasteiger partial charge in [-0.25, -0.2) is 4.98 Å². The fraction of sp³-hybridized carbons (Fsp3) is 0.353. The van der Waals surface area contributed by atoms with Crippen LogP contribution in [0.2, 0.25) is 10.0 Å². The van der Waals surface area contributed by atoms with Crippen LogP contribution in [-0.4, -0.2) is 18.2 Å². The first-order valence-corrected chi connectivity index (χ1v) is 8.60. The Labute approximate surface area is 166 Å². The van der Waals surface area contributed by atoms with E-state index in [0.29, 0.717) is 22.7 Å². The average molecular weight is 448 g/mol. The van der Waals surface area contributed by atoms with Crippen LogP contribution in [0.15, 0.2) is 30.5 Å². The Kier molecular flexibility index (Phi) is 7.28. The molecule has 0 amide bonds. The summed E-state index contributed by atoms with van der Waals surface area (Å²) in [6.45, 7) is -0.0273. The number of ether oxygens (including phenoxy) is 2. The molecule has 154 valence electrons. The lowest BCUT2D eigenvalue weighted by atomic mass is 10.2. The summed E-state index contributed by atoms with van der Waals surface area (Å²) in [5, 5.41) is 0.625. The Morgan fingerprint density at radius 3 is 1.96 bits per heavy atom. The third-order valence-corrected chi connectivity index (χ3v) is 4.02. The van der Waals surface area contributed by atoms with Gasteiger partial charge in [0.15, 0.2) is 5.75 Å². The van der Waals surface area contributed by atoms with E-state index < -0.39 is 29.4 Å². The normalized spacial score (nSPS) is 12.1. The Bertz CT molecular complexity index is 791. The molecule has 0 aliphatic heterocycles. The summed E-state index contributed by atoms with van der Waals surface area (Å²) < 4.78 is 87.1. The lowest BCUT2D eigenvalue weighted by molar-refractivity contribution is -0.144. The largest absolute Gasteiger partial charge is 0.490 e. The maximum absolute atomic E-state index is 13.0. The van der Waals surface area contributed by atoms with Crippen LogP contribution in [0.5, 0.6) is 11.6 Å². The summed E-state index contributed by atoms with van der Waals surface area (Å²) in [5.74, 6) is -0.619. The van der Waals surface area contributed by atoms with E-state index in [2.05, 4.69) is 4.98 Å². The second-order valence-corrected chi connectivity index (χ2v) is 6.34. The molecule has 0 bridgehead atoms. The summed E-state index contributed by atoms with van der Waals surface area (Å²) in [6, 6.07) is 4.78. The van der Waals surface area contributed by atoms with Gasteiger partial charge in [0.1, 0.15) is 5.56 Å². The van der Waals surface area contributed by atoms with Crippen LogP contribution < -0.4 is 9.47 Å². The van der Waals surface area contributed by atoms with Crippen LogP contribution in [0.25, 0.3) is 0 Å². The molecule has 1 aromatic carbocycles. The summed E-state index contributed by atoms with van der Waals surface area (Å²) in [5.41, 5.74) is -3.08. The van der Waals surface area contributed by atoms with Crippen LogP contribution in [0.3, 0.4) is 0 Å². The van der Waals surface area contributed by atoms with Gasteiger partial charge in [-0.2, -0.15) is 26.3 Å². The molecule has 0 radical (unpaired) electrons. The van der Waals surface area contributed by atoms with Crippen molar-refractivity contribution in [1.82, 2.24) is 4.98 Å². The zero-order valence-electron chi connectivity index (χ0n) is 14.0. The standard InChI is InChI=1S/C17H13Cl2F6NO2/c18-12-4-3-5-13(19)14(12)27-6-1-2-7-28-15-11(17(23,24)25)8-10(9-26-15)16(20,21)22/h3-5,8-9H,1-2,6-7H2. The highest BCUT2D eigenvalue weighted by Gasteiger charge is 2.39. The minimum atomic E-state index is -5.03. The van der Waals surface area contributed by atoms with Gasteiger partial charge < -0.3 is 9.47 Å². The summed E-state index contributed by atoms with van der Waals surface area (Å²) in [4.78, 5) is 3.17. The first kappa shape index (κ1) is 22.4. The highest BCUT2D eigenvalue weighted by molar-refractivity contribution is 6.37. The molecule has 1 heterocycles. The van der Waals surface area contributed by atoms with Crippen LogP contribution in [0.1, 0.15) is 24.0 Å². The smallest absolute Gasteiger partial charge is 0.421 e. The number of pyridine rings is 1. The van der Waals surface area contributed by atoms with Crippen LogP contribution in [-0.2, 0) is 12.4 Å². The molecule has 0 aliphatic rings. The summed E-state index contributed by atoms with van der Waals surface area (Å²) in [7, 11) is 0. The topological polar surface area (TPSA) is 31.4 Å². The van der Waals surface area contributed by atoms with Gasteiger partial charge in [-0.15, -0.1) is 0 Å². The van der Waals surface area contributed by atoms with Crippen molar-refractivity contribution < 1.29 is 35.8 Å². The number of benzene rings is 1. The molecule has 3 nitrogen and oxygen atoms in total. The van der Waals surface area contributed by atoms with Crippen molar-refractivity contribution in [2.24, 2.45) is 0 Å². The number of nitrogens with zero attached hydrogens (tertiary/aromatic N) is 1. The number of hydrogen-bond donors (Lipinski definition) is 0. The van der Waals surface area contributed by atoms with E-state index in [0.717, 1.165) is 0 Å². The second-order valence-electron chi connectivity index (χ2n) is 5.53. The van der Waals surface area contributed by atoms with E-state index in [1.54, 1.807) is 18.2 Å². The van der Waals surface area contributed by atoms with Gasteiger partial charge >= 0.3 is 12.4 Å². The SMILES string of the molecule is FC(F)(F)c1cnc(OCCCCOc2c(Cl)cccc2Cl)c(C(F)(F)F)c1. The van der Waals surface area contributed by atoms with E-state index in [9.17, 15) is 26.3 Å². The number of halogens is 8. The molecule has 1 aromatic heterocycles. The number of alkyl halides is 6. The van der Waals surface area contributed by atoms with E-state index in [-0.39, 0.29) is 31.5 Å². The predicted molar refractivity (Wildman–Crippen MR) is 90.9 cm³/mol. The third-order valence-electron chi connectivity index (χ3n) is 3.43. The molecule has 0 saturated carbocycles. The zero-order valence-corrected chi connectivity index (χ0v) is 15.5. The predicted octanol–water partition coefficient (Wildman–Crippen LogP) is 6.66. The highest BCUT2D eigenvalue weighted by atomic mass is 35.5. The molecule has 28 heavy (non-hydrogen) atoms. The molecule has 0 atom stereocenters. The van der Waals surface area contributed by atoms with E-state index in [1.807, 2.05) is 0 Å². The molecule has 0 N–H and O–H groups in total. The van der Waals surface area contributed by atoms with Gasteiger partial charge in [0.05, 0.1) is 28.8 Å². The molecular formula is C17H13Cl2F6NO2. The Balaban J connectivity index is 1.90. The number of aromatic nitrogens is 1. The minimum Gasteiger partial charge on any atom is -0.490 e. The first-order valence-electron chi connectivity index (χ1n) is 7.84. The van der Waals surface area contributed by atoms with Crippen molar-refractivity contribution in [1.29, 1.82) is 0 Å². The molecule has 11 heteroatoms. The van der Waals surface area contributed by atoms with Gasteiger partial charge in [-0.05, 0) is 31.0 Å². The fourth-order valence-corrected chi connectivity index (χ4v) is 2.60. The molecule has 2 rings (SSSR count). The van der Waals surface area contributed by atoms with E-state index >= 15 is 0 Å². The lowest BCUT2D eigenvalue weighted by Crippen LogP contribution is -2.15. The highest BCUT2D eigenvalue weighted by Crippen LogP contribution is 2.39. The summed E-state index contributed by atoms with van der Waals surface area (Å²) >= 11 is 11.9. The van der Waals surface area contributed by atoms with Gasteiger partial charge in [0, 0.05) is 6.20 Å². The molecular weight excluding hydrogens is 435 g/mol. The van der Waals surface area contributed by atoms with E-state index in [1.165, 1.54) is 0 Å². The third kappa shape index (κ3) is 6.07. The van der Waals surface area contributed by atoms with Crippen molar-refractivity contribution in [2.45, 2.75) is 25.2 Å². The molecule has 0 fully saturated rings. The second kappa shape index (κ2) is 9.09. The fourth-order valence-electron chi connectivity index (χ4n) is 2.09. The lowest BCUT2D eigenvalue weighted by Gasteiger charge is -2.15. The van der Waals surface area contributed by atoms with Gasteiger partial charge in [-0.1, -0.05) is 29.3 Å². The quantitative estimate of drug-likeness (QED) is 0.351. The number of para-hydroxylation sites is 1. The van der Waals surface area contributed by atoms with Gasteiger partial charge in [-0.3, -0.25) is 0 Å². The number of unbranched alkanes of at least 4 members (excludes halogenated alkanes) is 1. The summed E-state index contributed by atoms with van der Waals surface area (Å²) in [6.07, 6.45) is -9.03. The molecule has 0 unspecified atom stereocenters. The van der Waals surface area contributed by atoms with E-state index in [4.69, 9.17) is 32.7 Å². The van der Waals surface area contributed by atoms with Crippen LogP contribution >= 0.6 is 23.2 Å². The Morgan fingerprint density at radius 2 is 1.43 bits per heavy atom. The Morgan fingerprint density at radius 1 is 0.857 bits per heavy atom. The molecule has 0 aliphatic carbocycles. The number of hydrogen-bond acceptors (Lipinski definition) is 3. The van der Waals surface area contributed by atoms with Crippen LogP contribution in [0.4, 0.5) is 26.3 Å². The van der Waals surface area contributed by atoms with Crippen molar-refractivity contribution in [3.05, 3.63) is 51.6 Å². The van der Waals surface area contributed by atoms with Crippen molar-refractivity contribution in [2.75, 3.05) is 13.2 Å². The minimum absolute atomic E-state index is 0.0230. The zero-order chi connectivity index (χ0) is 20.9. The Hall–Kier alpha value is -1.87. The monoisotopic (exact) mass is 447 g/mol. The molecule has 2 aromatic rings. The van der Waals surface area contributed by atoms with Crippen molar-refractivity contribution in [3.63, 3.8) is 0 Å². The maximum Gasteiger partial charge on any atom is 0.421 e. The van der Waals surface area contributed by atoms with Crippen LogP contribution in [0, 0.1) is 0 Å². The average Bonchev–Trinajstić information content (AvgIpc) is 2.58. The molecule has 0 spiro atoms. The maximum atomic E-state index is 13.0. The first-order chi connectivity index (χ1) is 13.0. The van der Waals surface area contributed by atoms with Gasteiger partial charge in [0.25, 0.3) is 0 Å². The molecule has 0 saturated heterocycles. The van der Waals surface area contributed by atoms with Crippen molar-refractivity contribution in [3.8, 4) is 11.6 Å². The van der Waals surface area contributed by atoms with Gasteiger partial charge in [0.2, 0.25) is 5.88 Å².